The van der Waals surface area contributed by atoms with Crippen molar-refractivity contribution in [3.05, 3.63) is 24.0 Å². The van der Waals surface area contributed by atoms with E-state index in [1.165, 1.54) is 31.2 Å². The summed E-state index contributed by atoms with van der Waals surface area (Å²) in [6, 6.07) is 6.84. The summed E-state index contributed by atoms with van der Waals surface area (Å²) in [5, 5.41) is 0. The van der Waals surface area contributed by atoms with E-state index in [-0.39, 0.29) is 0 Å². The number of fused-ring (bicyclic) bond motifs is 3. The Kier molecular flexibility index (Phi) is 3.33. The predicted molar refractivity (Wildman–Crippen MR) is 85.2 cm³/mol. The molecule has 2 aliphatic rings. The number of rotatable bonds is 4. The first-order valence-electron chi connectivity index (χ1n) is 7.91. The molecule has 0 amide bonds. The average molecular weight is 305 g/mol. The van der Waals surface area contributed by atoms with Crippen LogP contribution in [0.15, 0.2) is 18.2 Å². The topological polar surface area (TPSA) is 27.1 Å². The number of alkyl halides is 1. The van der Waals surface area contributed by atoms with Crippen molar-refractivity contribution in [1.29, 1.82) is 0 Å². The van der Waals surface area contributed by atoms with Crippen molar-refractivity contribution in [2.75, 3.05) is 13.0 Å². The van der Waals surface area contributed by atoms with Crippen molar-refractivity contribution in [3.8, 4) is 5.75 Å². The molecule has 2 saturated carbocycles. The van der Waals surface area contributed by atoms with Crippen LogP contribution in [0.4, 0.5) is 0 Å². The fourth-order valence-electron chi connectivity index (χ4n) is 4.46. The van der Waals surface area contributed by atoms with Gasteiger partial charge in [-0.05, 0) is 43.2 Å². The lowest BCUT2D eigenvalue weighted by Gasteiger charge is -2.25. The number of benzene rings is 1. The number of aromatic nitrogens is 2. The average Bonchev–Trinajstić information content (AvgIpc) is 3.19. The zero-order valence-electron chi connectivity index (χ0n) is 12.4. The van der Waals surface area contributed by atoms with Gasteiger partial charge in [0.05, 0.1) is 12.6 Å². The Labute approximate surface area is 130 Å². The Balaban J connectivity index is 1.87. The van der Waals surface area contributed by atoms with E-state index in [4.69, 9.17) is 21.3 Å². The number of hydrogen-bond acceptors (Lipinski definition) is 2. The molecule has 2 bridgehead atoms. The summed E-state index contributed by atoms with van der Waals surface area (Å²) in [6.07, 6.45) is 6.33. The molecule has 0 radical (unpaired) electrons. The maximum Gasteiger partial charge on any atom is 0.146 e. The molecule has 0 aliphatic heterocycles. The summed E-state index contributed by atoms with van der Waals surface area (Å²) in [5.74, 6) is 4.36. The second-order valence-electron chi connectivity index (χ2n) is 6.41. The molecule has 0 N–H and O–H groups in total. The van der Waals surface area contributed by atoms with Gasteiger partial charge < -0.3 is 9.30 Å². The lowest BCUT2D eigenvalue weighted by molar-refractivity contribution is 0.329. The smallest absolute Gasteiger partial charge is 0.146 e. The molecule has 3 unspecified atom stereocenters. The third-order valence-electron chi connectivity index (χ3n) is 5.33. The van der Waals surface area contributed by atoms with E-state index in [2.05, 4.69) is 16.7 Å². The molecule has 4 heteroatoms. The highest BCUT2D eigenvalue weighted by molar-refractivity contribution is 6.17. The number of para-hydroxylation sites is 1. The Morgan fingerprint density at radius 2 is 2.24 bits per heavy atom. The van der Waals surface area contributed by atoms with E-state index in [1.807, 2.05) is 6.07 Å². The van der Waals surface area contributed by atoms with Gasteiger partial charge in [0, 0.05) is 18.3 Å². The van der Waals surface area contributed by atoms with Gasteiger partial charge in [-0.1, -0.05) is 12.5 Å². The van der Waals surface area contributed by atoms with Crippen molar-refractivity contribution in [3.63, 3.8) is 0 Å². The molecular weight excluding hydrogens is 284 g/mol. The quantitative estimate of drug-likeness (QED) is 0.792. The Hall–Kier alpha value is -1.22. The van der Waals surface area contributed by atoms with Crippen LogP contribution in [0, 0.1) is 11.8 Å². The number of nitrogens with zero attached hydrogens (tertiary/aromatic N) is 2. The van der Waals surface area contributed by atoms with Crippen molar-refractivity contribution in [2.45, 2.75) is 38.1 Å². The van der Waals surface area contributed by atoms with Gasteiger partial charge in [0.15, 0.2) is 0 Å². The number of methoxy groups -OCH3 is 1. The van der Waals surface area contributed by atoms with Gasteiger partial charge in [0.25, 0.3) is 0 Å². The molecular formula is C17H21ClN2O. The fraction of sp³-hybridized carbons (Fsp3) is 0.588. The van der Waals surface area contributed by atoms with Gasteiger partial charge in [-0.2, -0.15) is 0 Å². The summed E-state index contributed by atoms with van der Waals surface area (Å²) in [5.41, 5.74) is 2.20. The molecule has 1 aromatic heterocycles. The highest BCUT2D eigenvalue weighted by Gasteiger charge is 2.41. The fourth-order valence-corrected chi connectivity index (χ4v) is 4.63. The monoisotopic (exact) mass is 304 g/mol. The van der Waals surface area contributed by atoms with E-state index in [1.54, 1.807) is 7.11 Å². The van der Waals surface area contributed by atoms with Gasteiger partial charge in [-0.15, -0.1) is 11.6 Å². The van der Waals surface area contributed by atoms with E-state index in [0.29, 0.717) is 11.9 Å². The summed E-state index contributed by atoms with van der Waals surface area (Å²) in [6.45, 7) is 0. The lowest BCUT2D eigenvalue weighted by atomic mass is 9.95. The number of hydrogen-bond donors (Lipinski definition) is 0. The molecule has 2 fully saturated rings. The highest BCUT2D eigenvalue weighted by atomic mass is 35.5. The Morgan fingerprint density at radius 1 is 1.33 bits per heavy atom. The normalized spacial score (nSPS) is 27.6. The minimum atomic E-state index is 0.610. The summed E-state index contributed by atoms with van der Waals surface area (Å²) < 4.78 is 7.97. The largest absolute Gasteiger partial charge is 0.494 e. The van der Waals surface area contributed by atoms with Gasteiger partial charge >= 0.3 is 0 Å². The van der Waals surface area contributed by atoms with Crippen LogP contribution in [0.3, 0.4) is 0 Å². The van der Waals surface area contributed by atoms with Gasteiger partial charge in [0.1, 0.15) is 17.1 Å². The van der Waals surface area contributed by atoms with Crippen LogP contribution < -0.4 is 4.74 Å². The van der Waals surface area contributed by atoms with Gasteiger partial charge in [-0.3, -0.25) is 0 Å². The molecule has 4 rings (SSSR count). The zero-order valence-corrected chi connectivity index (χ0v) is 13.1. The van der Waals surface area contributed by atoms with E-state index >= 15 is 0 Å². The maximum atomic E-state index is 6.01. The van der Waals surface area contributed by atoms with Gasteiger partial charge in [0.2, 0.25) is 0 Å². The van der Waals surface area contributed by atoms with Crippen LogP contribution in [0.25, 0.3) is 11.0 Å². The number of halogens is 1. The van der Waals surface area contributed by atoms with Crippen LogP contribution in [0.5, 0.6) is 5.75 Å². The molecule has 112 valence electrons. The molecule has 0 spiro atoms. The minimum absolute atomic E-state index is 0.610. The molecule has 2 aromatic rings. The van der Waals surface area contributed by atoms with Crippen LogP contribution >= 0.6 is 11.6 Å². The maximum absolute atomic E-state index is 6.01. The van der Waals surface area contributed by atoms with E-state index < -0.39 is 0 Å². The standard InChI is InChI=1S/C17H21ClN2O/c1-21-15-4-2-3-13-17(15)19-16(7-8-18)20(13)14-10-11-5-6-12(14)9-11/h2-4,11-12,14H,5-10H2,1H3. The Morgan fingerprint density at radius 3 is 2.90 bits per heavy atom. The molecule has 1 heterocycles. The van der Waals surface area contributed by atoms with E-state index in [9.17, 15) is 0 Å². The first-order valence-corrected chi connectivity index (χ1v) is 8.45. The molecule has 2 aliphatic carbocycles. The van der Waals surface area contributed by atoms with Crippen molar-refractivity contribution >= 4 is 22.6 Å². The predicted octanol–water partition coefficient (Wildman–Crippen LogP) is 4.19. The zero-order chi connectivity index (χ0) is 14.4. The molecule has 3 atom stereocenters. The molecule has 1 aromatic carbocycles. The second-order valence-corrected chi connectivity index (χ2v) is 6.79. The summed E-state index contributed by atoms with van der Waals surface area (Å²) in [7, 11) is 1.71. The van der Waals surface area contributed by atoms with Crippen LogP contribution in [-0.4, -0.2) is 22.5 Å². The third-order valence-corrected chi connectivity index (χ3v) is 5.52. The summed E-state index contributed by atoms with van der Waals surface area (Å²) in [4.78, 5) is 4.85. The van der Waals surface area contributed by atoms with Crippen molar-refractivity contribution < 1.29 is 4.74 Å². The van der Waals surface area contributed by atoms with Crippen molar-refractivity contribution in [2.24, 2.45) is 11.8 Å². The van der Waals surface area contributed by atoms with Crippen LogP contribution in [-0.2, 0) is 6.42 Å². The summed E-state index contributed by atoms with van der Waals surface area (Å²) >= 11 is 6.01. The van der Waals surface area contributed by atoms with Crippen molar-refractivity contribution in [1.82, 2.24) is 9.55 Å². The third kappa shape index (κ3) is 2.05. The minimum Gasteiger partial charge on any atom is -0.494 e. The van der Waals surface area contributed by atoms with Crippen LogP contribution in [0.2, 0.25) is 0 Å². The lowest BCUT2D eigenvalue weighted by Crippen LogP contribution is -2.18. The molecule has 21 heavy (non-hydrogen) atoms. The molecule has 3 nitrogen and oxygen atoms in total. The Bertz CT molecular complexity index is 666. The first kappa shape index (κ1) is 13.4. The number of imidazole rings is 1. The second kappa shape index (κ2) is 5.20. The van der Waals surface area contributed by atoms with E-state index in [0.717, 1.165) is 35.3 Å². The molecule has 0 saturated heterocycles. The van der Waals surface area contributed by atoms with Crippen LogP contribution in [0.1, 0.15) is 37.5 Å². The number of aryl methyl sites for hydroxylation is 1. The highest BCUT2D eigenvalue weighted by Crippen LogP contribution is 2.52. The first-order chi connectivity index (χ1) is 10.3. The SMILES string of the molecule is COc1cccc2c1nc(CCCl)n2C1CC2CCC1C2. The van der Waals surface area contributed by atoms with Gasteiger partial charge in [-0.25, -0.2) is 4.98 Å². The number of ether oxygens (including phenoxy) is 1.